The summed E-state index contributed by atoms with van der Waals surface area (Å²) in [5, 5.41) is 6.19. The number of hydrogen-bond donors (Lipinski definition) is 2. The van der Waals surface area contributed by atoms with Crippen LogP contribution in [0.4, 0.5) is 0 Å². The van der Waals surface area contributed by atoms with Crippen molar-refractivity contribution in [3.8, 4) is 0 Å². The minimum atomic E-state index is -0.0946. The van der Waals surface area contributed by atoms with Crippen LogP contribution in [0.15, 0.2) is 0 Å². The summed E-state index contributed by atoms with van der Waals surface area (Å²) in [7, 11) is 1.70. The second-order valence-electron chi connectivity index (χ2n) is 6.26. The number of rotatable bonds is 6. The molecule has 2 unspecified atom stereocenters. The average molecular weight is 283 g/mol. The van der Waals surface area contributed by atoms with E-state index in [2.05, 4.69) is 17.6 Å². The van der Waals surface area contributed by atoms with Crippen LogP contribution in [0.2, 0.25) is 0 Å². The van der Waals surface area contributed by atoms with Crippen molar-refractivity contribution in [1.82, 2.24) is 15.5 Å². The summed E-state index contributed by atoms with van der Waals surface area (Å²) in [6.07, 6.45) is 2.91. The van der Waals surface area contributed by atoms with Crippen LogP contribution in [0.1, 0.15) is 40.0 Å². The number of carbonyl (C=O) groups excluding carboxylic acids is 2. The molecule has 5 nitrogen and oxygen atoms in total. The molecule has 1 aliphatic heterocycles. The Balaban J connectivity index is 2.34. The molecule has 0 radical (unpaired) electrons. The van der Waals surface area contributed by atoms with Gasteiger partial charge in [-0.05, 0) is 51.6 Å². The van der Waals surface area contributed by atoms with Gasteiger partial charge in [-0.2, -0.15) is 0 Å². The van der Waals surface area contributed by atoms with Crippen LogP contribution >= 0.6 is 0 Å². The van der Waals surface area contributed by atoms with Crippen molar-refractivity contribution in [2.24, 2.45) is 11.8 Å². The van der Waals surface area contributed by atoms with Gasteiger partial charge in [0.2, 0.25) is 11.8 Å². The van der Waals surface area contributed by atoms with E-state index in [4.69, 9.17) is 0 Å². The van der Waals surface area contributed by atoms with Gasteiger partial charge in [0.15, 0.2) is 0 Å². The molecule has 0 saturated carbocycles. The van der Waals surface area contributed by atoms with Gasteiger partial charge in [0.1, 0.15) is 0 Å². The van der Waals surface area contributed by atoms with Crippen molar-refractivity contribution in [3.63, 3.8) is 0 Å². The van der Waals surface area contributed by atoms with Gasteiger partial charge in [-0.1, -0.05) is 6.92 Å². The Kier molecular flexibility index (Phi) is 6.99. The third kappa shape index (κ3) is 5.90. The van der Waals surface area contributed by atoms with Gasteiger partial charge >= 0.3 is 0 Å². The average Bonchev–Trinajstić information content (AvgIpc) is 2.38. The first-order chi connectivity index (χ1) is 9.40. The zero-order valence-corrected chi connectivity index (χ0v) is 13.2. The maximum atomic E-state index is 12.1. The summed E-state index contributed by atoms with van der Waals surface area (Å²) in [4.78, 5) is 25.3. The Morgan fingerprint density at radius 1 is 1.35 bits per heavy atom. The van der Waals surface area contributed by atoms with Gasteiger partial charge in [0, 0.05) is 19.5 Å². The molecule has 2 N–H and O–H groups in total. The summed E-state index contributed by atoms with van der Waals surface area (Å²) in [6.45, 7) is 8.21. The monoisotopic (exact) mass is 283 g/mol. The molecule has 0 aromatic rings. The van der Waals surface area contributed by atoms with E-state index < -0.39 is 0 Å². The van der Waals surface area contributed by atoms with E-state index in [1.54, 1.807) is 7.05 Å². The van der Waals surface area contributed by atoms with E-state index in [9.17, 15) is 9.59 Å². The first-order valence-electron chi connectivity index (χ1n) is 7.64. The quantitative estimate of drug-likeness (QED) is 0.764. The van der Waals surface area contributed by atoms with Crippen molar-refractivity contribution < 1.29 is 9.59 Å². The highest BCUT2D eigenvalue weighted by Gasteiger charge is 2.23. The topological polar surface area (TPSA) is 61.4 Å². The lowest BCUT2D eigenvalue weighted by Gasteiger charge is -2.29. The zero-order chi connectivity index (χ0) is 15.1. The van der Waals surface area contributed by atoms with Crippen molar-refractivity contribution in [3.05, 3.63) is 0 Å². The molecule has 1 fully saturated rings. The van der Waals surface area contributed by atoms with Gasteiger partial charge < -0.3 is 15.5 Å². The van der Waals surface area contributed by atoms with E-state index in [-0.39, 0.29) is 24.4 Å². The highest BCUT2D eigenvalue weighted by Crippen LogP contribution is 2.22. The predicted octanol–water partition coefficient (Wildman–Crippen LogP) is 0.995. The molecule has 1 aliphatic rings. The lowest BCUT2D eigenvalue weighted by Crippen LogP contribution is -2.42. The fourth-order valence-corrected chi connectivity index (χ4v) is 2.63. The van der Waals surface area contributed by atoms with Gasteiger partial charge in [0.05, 0.1) is 6.54 Å². The Hall–Kier alpha value is -1.10. The number of nitrogens with one attached hydrogen (secondary N) is 2. The van der Waals surface area contributed by atoms with E-state index in [1.165, 1.54) is 17.7 Å². The molecular weight excluding hydrogens is 254 g/mol. The summed E-state index contributed by atoms with van der Waals surface area (Å²) in [5.74, 6) is 0.904. The molecule has 1 saturated heterocycles. The predicted molar refractivity (Wildman–Crippen MR) is 80.3 cm³/mol. The summed E-state index contributed by atoms with van der Waals surface area (Å²) in [5.41, 5.74) is 0. The SMILES string of the molecule is CC(C)NC(=O)CN(C)C(=O)CC(C)C1CCCNC1. The first-order valence-corrected chi connectivity index (χ1v) is 7.64. The fraction of sp³-hybridized carbons (Fsp3) is 0.867. The second-order valence-corrected chi connectivity index (χ2v) is 6.26. The molecule has 0 aromatic heterocycles. The Labute approximate surface area is 122 Å². The van der Waals surface area contributed by atoms with Gasteiger partial charge in [-0.15, -0.1) is 0 Å². The molecule has 1 rings (SSSR count). The Bertz CT molecular complexity index is 325. The number of carbonyl (C=O) groups is 2. The number of amides is 2. The number of likely N-dealkylation sites (N-methyl/N-ethyl adjacent to an activating group) is 1. The third-order valence-electron chi connectivity index (χ3n) is 3.89. The third-order valence-corrected chi connectivity index (χ3v) is 3.89. The van der Waals surface area contributed by atoms with Crippen LogP contribution in [0.5, 0.6) is 0 Å². The summed E-state index contributed by atoms with van der Waals surface area (Å²) >= 11 is 0. The van der Waals surface area contributed by atoms with Gasteiger partial charge in [-0.25, -0.2) is 0 Å². The first kappa shape index (κ1) is 17.0. The smallest absolute Gasteiger partial charge is 0.239 e. The Morgan fingerprint density at radius 3 is 2.60 bits per heavy atom. The van der Waals surface area contributed by atoms with Crippen molar-refractivity contribution in [1.29, 1.82) is 0 Å². The largest absolute Gasteiger partial charge is 0.352 e. The molecule has 0 aromatic carbocycles. The number of piperidine rings is 1. The van der Waals surface area contributed by atoms with Crippen molar-refractivity contribution in [2.45, 2.75) is 46.1 Å². The maximum Gasteiger partial charge on any atom is 0.239 e. The maximum absolute atomic E-state index is 12.1. The van der Waals surface area contributed by atoms with Gasteiger partial charge in [0.25, 0.3) is 0 Å². The molecule has 2 amide bonds. The van der Waals surface area contributed by atoms with E-state index in [0.29, 0.717) is 18.3 Å². The molecule has 20 heavy (non-hydrogen) atoms. The molecule has 116 valence electrons. The lowest BCUT2D eigenvalue weighted by molar-refractivity contribution is -0.135. The molecule has 1 heterocycles. The highest BCUT2D eigenvalue weighted by atomic mass is 16.2. The van der Waals surface area contributed by atoms with Crippen molar-refractivity contribution in [2.75, 3.05) is 26.7 Å². The zero-order valence-electron chi connectivity index (χ0n) is 13.2. The normalized spacial score (nSPS) is 20.6. The lowest BCUT2D eigenvalue weighted by atomic mass is 9.85. The number of hydrogen-bond acceptors (Lipinski definition) is 3. The molecule has 0 aliphatic carbocycles. The Morgan fingerprint density at radius 2 is 2.05 bits per heavy atom. The second kappa shape index (κ2) is 8.25. The minimum Gasteiger partial charge on any atom is -0.352 e. The molecule has 0 bridgehead atoms. The van der Waals surface area contributed by atoms with E-state index >= 15 is 0 Å². The van der Waals surface area contributed by atoms with Crippen LogP contribution in [0.25, 0.3) is 0 Å². The standard InChI is InChI=1S/C15H29N3O2/c1-11(2)17-14(19)10-18(4)15(20)8-12(3)13-6-5-7-16-9-13/h11-13,16H,5-10H2,1-4H3,(H,17,19). The minimum absolute atomic E-state index is 0.0574. The highest BCUT2D eigenvalue weighted by molar-refractivity contribution is 5.84. The molecule has 2 atom stereocenters. The van der Waals surface area contributed by atoms with Crippen LogP contribution in [-0.4, -0.2) is 49.4 Å². The molecular formula is C15H29N3O2. The fourth-order valence-electron chi connectivity index (χ4n) is 2.63. The molecule has 0 spiro atoms. The van der Waals surface area contributed by atoms with E-state index in [1.807, 2.05) is 13.8 Å². The van der Waals surface area contributed by atoms with Crippen LogP contribution < -0.4 is 10.6 Å². The summed E-state index contributed by atoms with van der Waals surface area (Å²) < 4.78 is 0. The molecule has 5 heteroatoms. The summed E-state index contributed by atoms with van der Waals surface area (Å²) in [6, 6.07) is 0.109. The van der Waals surface area contributed by atoms with Crippen LogP contribution in [0, 0.1) is 11.8 Å². The van der Waals surface area contributed by atoms with Crippen molar-refractivity contribution >= 4 is 11.8 Å². The van der Waals surface area contributed by atoms with E-state index in [0.717, 1.165) is 13.1 Å². The number of nitrogens with zero attached hydrogens (tertiary/aromatic N) is 1. The van der Waals surface area contributed by atoms with Crippen LogP contribution in [-0.2, 0) is 9.59 Å². The van der Waals surface area contributed by atoms with Gasteiger partial charge in [-0.3, -0.25) is 9.59 Å². The van der Waals surface area contributed by atoms with Crippen LogP contribution in [0.3, 0.4) is 0 Å².